The minimum atomic E-state index is -0.216. The fourth-order valence-electron chi connectivity index (χ4n) is 3.54. The third-order valence-corrected chi connectivity index (χ3v) is 5.12. The molecule has 0 N–H and O–H groups in total. The van der Waals surface area contributed by atoms with E-state index < -0.39 is 0 Å². The summed E-state index contributed by atoms with van der Waals surface area (Å²) < 4.78 is 17.4. The lowest BCUT2D eigenvalue weighted by Gasteiger charge is -2.35. The average Bonchev–Trinajstić information content (AvgIpc) is 2.65. The summed E-state index contributed by atoms with van der Waals surface area (Å²) in [6.45, 7) is 5.13. The minimum Gasteiger partial charge on any atom is -0.473 e. The van der Waals surface area contributed by atoms with E-state index in [1.54, 1.807) is 11.1 Å². The highest BCUT2D eigenvalue weighted by Crippen LogP contribution is 2.27. The van der Waals surface area contributed by atoms with Crippen LogP contribution in [0, 0.1) is 0 Å². The molecule has 8 heteroatoms. The Morgan fingerprint density at radius 1 is 1.04 bits per heavy atom. The van der Waals surface area contributed by atoms with Crippen molar-refractivity contribution in [1.29, 1.82) is 0 Å². The topological polar surface area (TPSA) is 73.8 Å². The molecule has 3 rings (SSSR count). The Morgan fingerprint density at radius 3 is 2.26 bits per heavy atom. The number of carbonyl (C=O) groups is 1. The number of hydrogen-bond acceptors (Lipinski definition) is 6. The number of ether oxygens (including phenoxy) is 3. The van der Waals surface area contributed by atoms with Crippen molar-refractivity contribution in [3.63, 3.8) is 0 Å². The zero-order valence-corrected chi connectivity index (χ0v) is 16.7. The maximum absolute atomic E-state index is 11.9. The van der Waals surface area contributed by atoms with Gasteiger partial charge in [0.2, 0.25) is 5.88 Å². The third-order valence-electron chi connectivity index (χ3n) is 4.93. The van der Waals surface area contributed by atoms with Crippen LogP contribution >= 0.6 is 11.6 Å². The quantitative estimate of drug-likeness (QED) is 0.751. The van der Waals surface area contributed by atoms with Gasteiger partial charge in [-0.1, -0.05) is 11.6 Å². The SMILES string of the molecule is CC(C)OC(=O)N1CCC(O[C@H]2CC[C@H](Oc3cnc(Cl)cn3)CC2)CC1. The fourth-order valence-corrected chi connectivity index (χ4v) is 3.64. The van der Waals surface area contributed by atoms with Crippen LogP contribution in [0.15, 0.2) is 12.4 Å². The molecule has 1 saturated carbocycles. The van der Waals surface area contributed by atoms with Gasteiger partial charge < -0.3 is 19.1 Å². The van der Waals surface area contributed by atoms with E-state index in [9.17, 15) is 4.79 Å². The van der Waals surface area contributed by atoms with E-state index >= 15 is 0 Å². The Balaban J connectivity index is 1.35. The highest BCUT2D eigenvalue weighted by Gasteiger charge is 2.29. The monoisotopic (exact) mass is 397 g/mol. The minimum absolute atomic E-state index is 0.0808. The van der Waals surface area contributed by atoms with Crippen molar-refractivity contribution in [3.05, 3.63) is 17.5 Å². The van der Waals surface area contributed by atoms with Gasteiger partial charge in [0, 0.05) is 13.1 Å². The number of hydrogen-bond donors (Lipinski definition) is 0. The molecule has 1 aromatic rings. The standard InChI is InChI=1S/C19H28ClN3O4/c1-13(2)25-19(24)23-9-7-16(8-10-23)26-14-3-5-15(6-4-14)27-18-12-21-17(20)11-22-18/h11-16H,3-10H2,1-2H3/t14-,15-. The summed E-state index contributed by atoms with van der Waals surface area (Å²) in [5.41, 5.74) is 0. The van der Waals surface area contributed by atoms with Gasteiger partial charge in [0.25, 0.3) is 0 Å². The van der Waals surface area contributed by atoms with Crippen molar-refractivity contribution >= 4 is 17.7 Å². The molecule has 2 heterocycles. The van der Waals surface area contributed by atoms with Crippen molar-refractivity contribution in [2.75, 3.05) is 13.1 Å². The molecule has 0 unspecified atom stereocenters. The Kier molecular flexibility index (Phi) is 7.13. The van der Waals surface area contributed by atoms with E-state index in [1.807, 2.05) is 13.8 Å². The first-order chi connectivity index (χ1) is 13.0. The predicted octanol–water partition coefficient (Wildman–Crippen LogP) is 3.85. The molecule has 1 aliphatic heterocycles. The average molecular weight is 398 g/mol. The summed E-state index contributed by atoms with van der Waals surface area (Å²) in [5.74, 6) is 0.518. The van der Waals surface area contributed by atoms with Crippen LogP contribution < -0.4 is 4.74 Å². The summed E-state index contributed by atoms with van der Waals surface area (Å²) in [5, 5.41) is 0.364. The van der Waals surface area contributed by atoms with Crippen LogP contribution in [0.5, 0.6) is 5.88 Å². The summed E-state index contributed by atoms with van der Waals surface area (Å²) in [6, 6.07) is 0. The van der Waals surface area contributed by atoms with E-state index in [1.165, 1.54) is 6.20 Å². The maximum Gasteiger partial charge on any atom is 0.410 e. The molecule has 0 radical (unpaired) electrons. The molecule has 2 aliphatic rings. The van der Waals surface area contributed by atoms with Crippen molar-refractivity contribution < 1.29 is 19.0 Å². The van der Waals surface area contributed by atoms with Crippen molar-refractivity contribution in [2.24, 2.45) is 0 Å². The van der Waals surface area contributed by atoms with Crippen LogP contribution in [0.1, 0.15) is 52.4 Å². The largest absolute Gasteiger partial charge is 0.473 e. The van der Waals surface area contributed by atoms with Crippen molar-refractivity contribution in [1.82, 2.24) is 14.9 Å². The molecule has 0 bridgehead atoms. The molecule has 150 valence electrons. The Morgan fingerprint density at radius 2 is 1.67 bits per heavy atom. The van der Waals surface area contributed by atoms with Gasteiger partial charge >= 0.3 is 6.09 Å². The fraction of sp³-hybridized carbons (Fsp3) is 0.737. The maximum atomic E-state index is 11.9. The summed E-state index contributed by atoms with van der Waals surface area (Å²) in [7, 11) is 0. The zero-order valence-electron chi connectivity index (χ0n) is 16.0. The smallest absolute Gasteiger partial charge is 0.410 e. The first-order valence-corrected chi connectivity index (χ1v) is 10.1. The first-order valence-electron chi connectivity index (χ1n) is 9.75. The predicted molar refractivity (Wildman–Crippen MR) is 101 cm³/mol. The second-order valence-corrected chi connectivity index (χ2v) is 7.84. The molecular weight excluding hydrogens is 370 g/mol. The van der Waals surface area contributed by atoms with Crippen LogP contribution in [-0.2, 0) is 9.47 Å². The van der Waals surface area contributed by atoms with Gasteiger partial charge in [-0.3, -0.25) is 0 Å². The van der Waals surface area contributed by atoms with Crippen LogP contribution in [0.4, 0.5) is 4.79 Å². The number of amides is 1. The van der Waals surface area contributed by atoms with Crippen LogP contribution in [-0.4, -0.2) is 58.5 Å². The molecule has 1 saturated heterocycles. The van der Waals surface area contributed by atoms with Crippen LogP contribution in [0.3, 0.4) is 0 Å². The molecule has 27 heavy (non-hydrogen) atoms. The molecular formula is C19H28ClN3O4. The number of rotatable bonds is 5. The van der Waals surface area contributed by atoms with Crippen LogP contribution in [0.25, 0.3) is 0 Å². The molecule has 7 nitrogen and oxygen atoms in total. The van der Waals surface area contributed by atoms with Gasteiger partial charge in [-0.05, 0) is 52.4 Å². The first kappa shape index (κ1) is 20.1. The van der Waals surface area contributed by atoms with Crippen molar-refractivity contribution in [3.8, 4) is 5.88 Å². The molecule has 0 atom stereocenters. The normalized spacial score (nSPS) is 24.1. The summed E-state index contributed by atoms with van der Waals surface area (Å²) in [6.07, 6.45) is 8.94. The molecule has 1 aromatic heterocycles. The molecule has 1 aliphatic carbocycles. The second kappa shape index (κ2) is 9.55. The Hall–Kier alpha value is -1.60. The van der Waals surface area contributed by atoms with Gasteiger partial charge in [-0.25, -0.2) is 14.8 Å². The Labute approximate surface area is 165 Å². The van der Waals surface area contributed by atoms with Gasteiger partial charge in [0.05, 0.1) is 30.7 Å². The highest BCUT2D eigenvalue weighted by molar-refractivity contribution is 6.29. The van der Waals surface area contributed by atoms with E-state index in [4.69, 9.17) is 25.8 Å². The van der Waals surface area contributed by atoms with E-state index in [-0.39, 0.29) is 30.5 Å². The lowest BCUT2D eigenvalue weighted by molar-refractivity contribution is -0.0659. The number of carbonyl (C=O) groups excluding carboxylic acids is 1. The third kappa shape index (κ3) is 6.21. The lowest BCUT2D eigenvalue weighted by Crippen LogP contribution is -2.43. The molecule has 1 amide bonds. The molecule has 0 aromatic carbocycles. The van der Waals surface area contributed by atoms with E-state index in [0.29, 0.717) is 24.1 Å². The number of piperidine rings is 1. The summed E-state index contributed by atoms with van der Waals surface area (Å²) in [4.78, 5) is 21.8. The molecule has 2 fully saturated rings. The zero-order chi connectivity index (χ0) is 19.2. The van der Waals surface area contributed by atoms with E-state index in [2.05, 4.69) is 9.97 Å². The highest BCUT2D eigenvalue weighted by atomic mass is 35.5. The van der Waals surface area contributed by atoms with E-state index in [0.717, 1.165) is 38.5 Å². The van der Waals surface area contributed by atoms with Gasteiger partial charge in [0.15, 0.2) is 0 Å². The van der Waals surface area contributed by atoms with Crippen LogP contribution in [0.2, 0.25) is 5.15 Å². The number of halogens is 1. The Bertz CT molecular complexity index is 597. The summed E-state index contributed by atoms with van der Waals surface area (Å²) >= 11 is 5.74. The molecule has 0 spiro atoms. The van der Waals surface area contributed by atoms with Gasteiger partial charge in [0.1, 0.15) is 11.3 Å². The lowest BCUT2D eigenvalue weighted by atomic mass is 9.94. The van der Waals surface area contributed by atoms with Gasteiger partial charge in [-0.2, -0.15) is 0 Å². The number of aromatic nitrogens is 2. The second-order valence-electron chi connectivity index (χ2n) is 7.45. The van der Waals surface area contributed by atoms with Crippen molar-refractivity contribution in [2.45, 2.75) is 76.8 Å². The van der Waals surface area contributed by atoms with Gasteiger partial charge in [-0.15, -0.1) is 0 Å². The number of likely N-dealkylation sites (tertiary alicyclic amines) is 1. The number of nitrogens with zero attached hydrogens (tertiary/aromatic N) is 3.